The molecule has 4 rings (SSSR count). The number of para-hydroxylation sites is 1. The summed E-state index contributed by atoms with van der Waals surface area (Å²) in [6.45, 7) is 0. The highest BCUT2D eigenvalue weighted by atomic mass is 19.1. The molecule has 25 heavy (non-hydrogen) atoms. The Kier molecular flexibility index (Phi) is 3.70. The predicted octanol–water partition coefficient (Wildman–Crippen LogP) is 3.66. The Labute approximate surface area is 142 Å². The molecule has 6 heteroatoms. The summed E-state index contributed by atoms with van der Waals surface area (Å²) >= 11 is 0. The van der Waals surface area contributed by atoms with Crippen LogP contribution in [-0.4, -0.2) is 14.5 Å². The minimum absolute atomic E-state index is 0.0388. The van der Waals surface area contributed by atoms with Crippen LogP contribution >= 0.6 is 0 Å². The highest BCUT2D eigenvalue weighted by molar-refractivity contribution is 5.80. The van der Waals surface area contributed by atoms with E-state index in [1.807, 2.05) is 12.1 Å². The average molecular weight is 332 g/mol. The number of aromatic nitrogens is 3. The summed E-state index contributed by atoms with van der Waals surface area (Å²) in [6, 6.07) is 17.0. The molecule has 0 radical (unpaired) electrons. The van der Waals surface area contributed by atoms with Crippen LogP contribution in [0.25, 0.3) is 16.6 Å². The quantitative estimate of drug-likeness (QED) is 0.622. The normalized spacial score (nSPS) is 10.8. The van der Waals surface area contributed by atoms with Crippen LogP contribution in [0.3, 0.4) is 0 Å². The second-order valence-corrected chi connectivity index (χ2v) is 5.41. The van der Waals surface area contributed by atoms with Crippen LogP contribution in [0.2, 0.25) is 0 Å². The van der Waals surface area contributed by atoms with Crippen molar-refractivity contribution in [3.8, 4) is 5.69 Å². The van der Waals surface area contributed by atoms with E-state index in [1.165, 1.54) is 16.7 Å². The second-order valence-electron chi connectivity index (χ2n) is 5.41. The van der Waals surface area contributed by atoms with Crippen molar-refractivity contribution in [2.75, 3.05) is 5.32 Å². The van der Waals surface area contributed by atoms with Crippen molar-refractivity contribution in [2.24, 2.45) is 0 Å². The molecule has 5 nitrogen and oxygen atoms in total. The Balaban J connectivity index is 2.02. The van der Waals surface area contributed by atoms with Crippen LogP contribution in [0.5, 0.6) is 0 Å². The third-order valence-corrected chi connectivity index (χ3v) is 3.78. The number of hydrogen-bond donors (Lipinski definition) is 1. The van der Waals surface area contributed by atoms with Gasteiger partial charge in [0.15, 0.2) is 0 Å². The molecule has 0 aliphatic heterocycles. The van der Waals surface area contributed by atoms with Crippen molar-refractivity contribution in [3.63, 3.8) is 0 Å². The number of hydrogen-bond acceptors (Lipinski definition) is 4. The van der Waals surface area contributed by atoms with Gasteiger partial charge in [0.25, 0.3) is 5.56 Å². The zero-order chi connectivity index (χ0) is 17.2. The molecule has 0 aliphatic rings. The molecule has 0 saturated heterocycles. The number of nitrogens with one attached hydrogen (secondary N) is 1. The van der Waals surface area contributed by atoms with E-state index in [0.717, 1.165) is 0 Å². The maximum absolute atomic E-state index is 14.2. The summed E-state index contributed by atoms with van der Waals surface area (Å²) in [6.07, 6.45) is 3.27. The zero-order valence-corrected chi connectivity index (χ0v) is 13.1. The molecule has 0 fully saturated rings. The molecule has 2 aromatic carbocycles. The molecule has 0 amide bonds. The van der Waals surface area contributed by atoms with Gasteiger partial charge in [-0.2, -0.15) is 0 Å². The fourth-order valence-corrected chi connectivity index (χ4v) is 2.66. The summed E-state index contributed by atoms with van der Waals surface area (Å²) < 4.78 is 15.6. The molecule has 0 atom stereocenters. The molecule has 2 aromatic heterocycles. The molecule has 4 aromatic rings. The van der Waals surface area contributed by atoms with E-state index >= 15 is 0 Å². The monoisotopic (exact) mass is 332 g/mol. The van der Waals surface area contributed by atoms with Gasteiger partial charge >= 0.3 is 0 Å². The van der Waals surface area contributed by atoms with Crippen molar-refractivity contribution in [3.05, 3.63) is 89.2 Å². The Morgan fingerprint density at radius 2 is 1.80 bits per heavy atom. The van der Waals surface area contributed by atoms with Gasteiger partial charge in [0.05, 0.1) is 23.1 Å². The molecular formula is C19H13FN4O. The Morgan fingerprint density at radius 3 is 2.56 bits per heavy atom. The third kappa shape index (κ3) is 2.74. The fourth-order valence-electron chi connectivity index (χ4n) is 2.66. The smallest absolute Gasteiger partial charge is 0.270 e. The van der Waals surface area contributed by atoms with Gasteiger partial charge in [-0.3, -0.25) is 9.78 Å². The highest BCUT2D eigenvalue weighted by Gasteiger charge is 2.15. The number of anilines is 2. The maximum Gasteiger partial charge on any atom is 0.270 e. The summed E-state index contributed by atoms with van der Waals surface area (Å²) in [5.74, 6) is -0.296. The lowest BCUT2D eigenvalue weighted by Gasteiger charge is -2.15. The van der Waals surface area contributed by atoms with Crippen molar-refractivity contribution in [2.45, 2.75) is 0 Å². The lowest BCUT2D eigenvalue weighted by molar-refractivity contribution is 0.637. The zero-order valence-electron chi connectivity index (χ0n) is 13.1. The van der Waals surface area contributed by atoms with Crippen LogP contribution < -0.4 is 10.9 Å². The SMILES string of the molecule is O=c1c2c(F)cccc2nc(Nc2cccnc2)n1-c1ccccc1. The molecule has 0 saturated carbocycles. The van der Waals surface area contributed by atoms with Gasteiger partial charge in [0, 0.05) is 6.20 Å². The molecule has 2 heterocycles. The summed E-state index contributed by atoms with van der Waals surface area (Å²) in [5.41, 5.74) is 1.09. The summed E-state index contributed by atoms with van der Waals surface area (Å²) in [5, 5.41) is 3.05. The van der Waals surface area contributed by atoms with Gasteiger partial charge in [0.2, 0.25) is 5.95 Å². The average Bonchev–Trinajstić information content (AvgIpc) is 2.63. The molecule has 122 valence electrons. The number of halogens is 1. The van der Waals surface area contributed by atoms with Crippen LogP contribution in [0.4, 0.5) is 16.0 Å². The molecule has 1 N–H and O–H groups in total. The van der Waals surface area contributed by atoms with Gasteiger partial charge in [-0.1, -0.05) is 24.3 Å². The number of nitrogens with zero attached hydrogens (tertiary/aromatic N) is 3. The van der Waals surface area contributed by atoms with E-state index in [9.17, 15) is 9.18 Å². The first kappa shape index (κ1) is 15.0. The van der Waals surface area contributed by atoms with Crippen LogP contribution in [0, 0.1) is 5.82 Å². The molecule has 0 bridgehead atoms. The lowest BCUT2D eigenvalue weighted by Crippen LogP contribution is -2.23. The molecule has 0 spiro atoms. The third-order valence-electron chi connectivity index (χ3n) is 3.78. The first-order chi connectivity index (χ1) is 12.2. The number of pyridine rings is 1. The molecule has 0 unspecified atom stereocenters. The second kappa shape index (κ2) is 6.16. The van der Waals surface area contributed by atoms with E-state index in [-0.39, 0.29) is 5.39 Å². The van der Waals surface area contributed by atoms with Gasteiger partial charge in [-0.05, 0) is 36.4 Å². The van der Waals surface area contributed by atoms with E-state index in [2.05, 4.69) is 15.3 Å². The van der Waals surface area contributed by atoms with Crippen LogP contribution in [-0.2, 0) is 0 Å². The van der Waals surface area contributed by atoms with E-state index in [0.29, 0.717) is 22.8 Å². The Morgan fingerprint density at radius 1 is 0.960 bits per heavy atom. The Hall–Kier alpha value is -3.54. The number of fused-ring (bicyclic) bond motifs is 1. The number of benzene rings is 2. The minimum Gasteiger partial charge on any atom is -0.324 e. The Bertz CT molecular complexity index is 1090. The minimum atomic E-state index is -0.590. The first-order valence-electron chi connectivity index (χ1n) is 7.68. The number of rotatable bonds is 3. The van der Waals surface area contributed by atoms with Gasteiger partial charge < -0.3 is 5.32 Å². The van der Waals surface area contributed by atoms with Crippen LogP contribution in [0.1, 0.15) is 0 Å². The predicted molar refractivity (Wildman–Crippen MR) is 94.8 cm³/mol. The first-order valence-corrected chi connectivity index (χ1v) is 7.68. The van der Waals surface area contributed by atoms with E-state index in [4.69, 9.17) is 0 Å². The van der Waals surface area contributed by atoms with E-state index in [1.54, 1.807) is 48.8 Å². The van der Waals surface area contributed by atoms with Crippen molar-refractivity contribution in [1.82, 2.24) is 14.5 Å². The molecular weight excluding hydrogens is 319 g/mol. The van der Waals surface area contributed by atoms with Crippen LogP contribution in [0.15, 0.2) is 77.9 Å². The van der Waals surface area contributed by atoms with Crippen molar-refractivity contribution in [1.29, 1.82) is 0 Å². The molecule has 0 aliphatic carbocycles. The largest absolute Gasteiger partial charge is 0.324 e. The van der Waals surface area contributed by atoms with Crippen molar-refractivity contribution < 1.29 is 4.39 Å². The maximum atomic E-state index is 14.2. The highest BCUT2D eigenvalue weighted by Crippen LogP contribution is 2.20. The van der Waals surface area contributed by atoms with Crippen molar-refractivity contribution >= 4 is 22.5 Å². The lowest BCUT2D eigenvalue weighted by atomic mass is 10.2. The fraction of sp³-hybridized carbons (Fsp3) is 0. The van der Waals surface area contributed by atoms with Gasteiger partial charge in [-0.25, -0.2) is 13.9 Å². The topological polar surface area (TPSA) is 59.8 Å². The van der Waals surface area contributed by atoms with Gasteiger partial charge in [0.1, 0.15) is 11.2 Å². The summed E-state index contributed by atoms with van der Waals surface area (Å²) in [7, 11) is 0. The standard InChI is InChI=1S/C19H13FN4O/c20-15-9-4-10-16-17(15)18(25)24(14-7-2-1-3-8-14)19(23-16)22-13-6-5-11-21-12-13/h1-12H,(H,22,23). The van der Waals surface area contributed by atoms with Gasteiger partial charge in [-0.15, -0.1) is 0 Å². The van der Waals surface area contributed by atoms with E-state index < -0.39 is 11.4 Å². The summed E-state index contributed by atoms with van der Waals surface area (Å²) in [4.78, 5) is 21.5.